The minimum atomic E-state index is -1.54. The van der Waals surface area contributed by atoms with E-state index in [0.717, 1.165) is 0 Å². The Bertz CT molecular complexity index is 681. The van der Waals surface area contributed by atoms with Gasteiger partial charge in [-0.05, 0) is 26.8 Å². The summed E-state index contributed by atoms with van der Waals surface area (Å²) in [5, 5.41) is 39.6. The molecule has 11 atom stereocenters. The van der Waals surface area contributed by atoms with Crippen LogP contribution in [0.3, 0.4) is 0 Å². The molecular formula is C18H26O10. The van der Waals surface area contributed by atoms with Gasteiger partial charge >= 0.3 is 0 Å². The lowest BCUT2D eigenvalue weighted by Gasteiger charge is -2.45. The highest BCUT2D eigenvalue weighted by atomic mass is 16.8. The SMILES string of the molecule is CC1(C)O[C@@H]2[C@@H]3O[C@]3(C)[C@H]3[C@H](O[C@@H]4O[C@H](CO)[C@@H](O)[C@H](O)[C@H]4O)OC=C[C@@]23O1. The van der Waals surface area contributed by atoms with E-state index in [4.69, 9.17) is 28.4 Å². The Morgan fingerprint density at radius 3 is 2.43 bits per heavy atom. The Hall–Kier alpha value is -0.820. The lowest BCUT2D eigenvalue weighted by molar-refractivity contribution is -0.349. The lowest BCUT2D eigenvalue weighted by atomic mass is 9.82. The number of aliphatic hydroxyl groups excluding tert-OH is 4. The van der Waals surface area contributed by atoms with Crippen molar-refractivity contribution in [1.29, 1.82) is 0 Å². The van der Waals surface area contributed by atoms with Crippen LogP contribution in [0.5, 0.6) is 0 Å². The summed E-state index contributed by atoms with van der Waals surface area (Å²) in [5.74, 6) is -1.24. The van der Waals surface area contributed by atoms with Crippen LogP contribution in [0.1, 0.15) is 20.8 Å². The fourth-order valence-electron chi connectivity index (χ4n) is 5.18. The maximum absolute atomic E-state index is 10.3. The second kappa shape index (κ2) is 5.87. The number of aliphatic hydroxyl groups is 4. The average Bonchev–Trinajstić information content (AvgIpc) is 3.16. The highest BCUT2D eigenvalue weighted by Crippen LogP contribution is 2.67. The van der Waals surface area contributed by atoms with Gasteiger partial charge in [-0.1, -0.05) is 0 Å². The summed E-state index contributed by atoms with van der Waals surface area (Å²) in [6.07, 6.45) is -5.09. The highest BCUT2D eigenvalue weighted by Gasteiger charge is 2.83. The Balaban J connectivity index is 1.42. The fourth-order valence-corrected chi connectivity index (χ4v) is 5.18. The normalized spacial score (nSPS) is 58.6. The van der Waals surface area contributed by atoms with Crippen molar-refractivity contribution in [2.24, 2.45) is 5.92 Å². The van der Waals surface area contributed by atoms with Gasteiger partial charge in [0.2, 0.25) is 6.29 Å². The smallest absolute Gasteiger partial charge is 0.210 e. The molecule has 0 radical (unpaired) electrons. The summed E-state index contributed by atoms with van der Waals surface area (Å²) < 4.78 is 35.3. The average molecular weight is 402 g/mol. The molecule has 4 fully saturated rings. The van der Waals surface area contributed by atoms with E-state index in [1.807, 2.05) is 26.8 Å². The molecular weight excluding hydrogens is 376 g/mol. The molecule has 3 saturated heterocycles. The van der Waals surface area contributed by atoms with Gasteiger partial charge in [-0.25, -0.2) is 0 Å². The van der Waals surface area contributed by atoms with Crippen LogP contribution in [0.15, 0.2) is 12.3 Å². The molecule has 5 aliphatic rings. The molecule has 0 amide bonds. The van der Waals surface area contributed by atoms with E-state index in [1.165, 1.54) is 6.26 Å². The number of hydrogen-bond acceptors (Lipinski definition) is 10. The molecule has 28 heavy (non-hydrogen) atoms. The Kier molecular flexibility index (Phi) is 4.02. The van der Waals surface area contributed by atoms with Crippen LogP contribution in [0.4, 0.5) is 0 Å². The minimum Gasteiger partial charge on any atom is -0.472 e. The molecule has 1 spiro atoms. The predicted molar refractivity (Wildman–Crippen MR) is 88.4 cm³/mol. The zero-order chi connectivity index (χ0) is 20.1. The van der Waals surface area contributed by atoms with Crippen molar-refractivity contribution < 1.29 is 48.8 Å². The van der Waals surface area contributed by atoms with Gasteiger partial charge in [-0.15, -0.1) is 0 Å². The predicted octanol–water partition coefficient (Wildman–Crippen LogP) is -1.65. The third-order valence-electron chi connectivity index (χ3n) is 6.48. The zero-order valence-corrected chi connectivity index (χ0v) is 15.8. The van der Waals surface area contributed by atoms with Gasteiger partial charge < -0.3 is 48.8 Å². The van der Waals surface area contributed by atoms with Crippen LogP contribution in [-0.2, 0) is 28.4 Å². The van der Waals surface area contributed by atoms with Crippen molar-refractivity contribution in [3.63, 3.8) is 0 Å². The third kappa shape index (κ3) is 2.41. The van der Waals surface area contributed by atoms with Gasteiger partial charge in [0.05, 0.1) is 18.8 Å². The van der Waals surface area contributed by atoms with E-state index in [-0.39, 0.29) is 12.2 Å². The molecule has 0 bridgehead atoms. The van der Waals surface area contributed by atoms with Crippen LogP contribution in [-0.4, -0.2) is 93.2 Å². The molecule has 5 rings (SSSR count). The standard InChI is InChI=1S/C18H26O10/c1-16(2)26-13-12-17(3,27-12)11-15(23-5-4-18(11,13)28-16)25-14-10(22)9(21)8(20)7(6-19)24-14/h4-5,7-15,19-22H,6H2,1-3H3/t7-,8-,9+,10-,11-,12+,13-,14+,15+,17-,18+/m1/s1. The quantitative estimate of drug-likeness (QED) is 0.406. The van der Waals surface area contributed by atoms with Crippen LogP contribution in [0.2, 0.25) is 0 Å². The van der Waals surface area contributed by atoms with Crippen molar-refractivity contribution in [3.8, 4) is 0 Å². The molecule has 4 N–H and O–H groups in total. The minimum absolute atomic E-state index is 0.188. The molecule has 0 aromatic rings. The summed E-state index contributed by atoms with van der Waals surface area (Å²) >= 11 is 0. The number of hydrogen-bond donors (Lipinski definition) is 4. The Labute approximate surface area is 161 Å². The van der Waals surface area contributed by atoms with Crippen LogP contribution >= 0.6 is 0 Å². The number of ether oxygens (including phenoxy) is 6. The number of fused-ring (bicyclic) bond motifs is 3. The monoisotopic (exact) mass is 402 g/mol. The molecule has 4 heterocycles. The number of epoxide rings is 1. The van der Waals surface area contributed by atoms with E-state index < -0.39 is 66.5 Å². The van der Waals surface area contributed by atoms with Crippen molar-refractivity contribution >= 4 is 0 Å². The highest BCUT2D eigenvalue weighted by molar-refractivity contribution is 5.34. The first-order valence-corrected chi connectivity index (χ1v) is 9.48. The molecule has 0 aromatic heterocycles. The van der Waals surface area contributed by atoms with Crippen molar-refractivity contribution in [1.82, 2.24) is 0 Å². The molecule has 10 nitrogen and oxygen atoms in total. The van der Waals surface area contributed by atoms with Crippen LogP contribution in [0.25, 0.3) is 0 Å². The van der Waals surface area contributed by atoms with Crippen molar-refractivity contribution in [2.75, 3.05) is 6.61 Å². The molecule has 4 aliphatic heterocycles. The molecule has 0 unspecified atom stereocenters. The summed E-state index contributed by atoms with van der Waals surface area (Å²) in [4.78, 5) is 0. The topological polar surface area (TPSA) is 140 Å². The second-order valence-electron chi connectivity index (χ2n) is 8.73. The maximum Gasteiger partial charge on any atom is 0.210 e. The van der Waals surface area contributed by atoms with Gasteiger partial charge in [0.25, 0.3) is 0 Å². The first-order chi connectivity index (χ1) is 13.1. The van der Waals surface area contributed by atoms with Crippen LogP contribution in [0, 0.1) is 5.92 Å². The molecule has 1 saturated carbocycles. The van der Waals surface area contributed by atoms with E-state index in [1.54, 1.807) is 0 Å². The van der Waals surface area contributed by atoms with E-state index in [9.17, 15) is 20.4 Å². The van der Waals surface area contributed by atoms with Gasteiger partial charge in [0, 0.05) is 0 Å². The first-order valence-electron chi connectivity index (χ1n) is 9.48. The Morgan fingerprint density at radius 1 is 0.964 bits per heavy atom. The summed E-state index contributed by atoms with van der Waals surface area (Å²) in [5.41, 5.74) is -1.43. The molecule has 158 valence electrons. The second-order valence-corrected chi connectivity index (χ2v) is 8.73. The molecule has 10 heteroatoms. The van der Waals surface area contributed by atoms with E-state index in [0.29, 0.717) is 0 Å². The zero-order valence-electron chi connectivity index (χ0n) is 15.8. The van der Waals surface area contributed by atoms with Gasteiger partial charge in [-0.2, -0.15) is 0 Å². The first kappa shape index (κ1) is 19.2. The van der Waals surface area contributed by atoms with Crippen molar-refractivity contribution in [2.45, 2.75) is 87.0 Å². The Morgan fingerprint density at radius 2 is 1.71 bits per heavy atom. The number of rotatable bonds is 3. The van der Waals surface area contributed by atoms with Crippen molar-refractivity contribution in [3.05, 3.63) is 12.3 Å². The van der Waals surface area contributed by atoms with Gasteiger partial charge in [0.15, 0.2) is 12.1 Å². The summed E-state index contributed by atoms with van der Waals surface area (Å²) in [7, 11) is 0. The van der Waals surface area contributed by atoms with E-state index in [2.05, 4.69) is 0 Å². The van der Waals surface area contributed by atoms with E-state index >= 15 is 0 Å². The largest absolute Gasteiger partial charge is 0.472 e. The fraction of sp³-hybridized carbons (Fsp3) is 0.889. The summed E-state index contributed by atoms with van der Waals surface area (Å²) in [6.45, 7) is 5.04. The molecule has 0 aromatic carbocycles. The lowest BCUT2D eigenvalue weighted by Crippen LogP contribution is -2.61. The van der Waals surface area contributed by atoms with Crippen LogP contribution < -0.4 is 0 Å². The maximum atomic E-state index is 10.3. The molecule has 1 aliphatic carbocycles. The van der Waals surface area contributed by atoms with Gasteiger partial charge in [0.1, 0.15) is 47.8 Å². The third-order valence-corrected chi connectivity index (χ3v) is 6.48. The summed E-state index contributed by atoms with van der Waals surface area (Å²) in [6, 6.07) is 0. The van der Waals surface area contributed by atoms with Gasteiger partial charge in [-0.3, -0.25) is 0 Å².